The normalized spacial score (nSPS) is 14.1. The van der Waals surface area contributed by atoms with Crippen LogP contribution in [0.4, 0.5) is 0 Å². The molecule has 10 heteroatoms. The number of allylic oxidation sites excluding steroid dienone is 6. The highest BCUT2D eigenvalue weighted by Crippen LogP contribution is 2.43. The number of carbonyl (C=O) groups excluding carboxylic acids is 2. The molecule has 0 aliphatic carbocycles. The van der Waals surface area contributed by atoms with Crippen molar-refractivity contribution >= 4 is 19.8 Å². The summed E-state index contributed by atoms with van der Waals surface area (Å²) in [6, 6.07) is 0. The van der Waals surface area contributed by atoms with E-state index >= 15 is 0 Å². The Bertz CT molecular complexity index is 975. The number of quaternary nitrogens is 1. The Balaban J connectivity index is 4.44. The molecule has 0 aliphatic heterocycles. The van der Waals surface area contributed by atoms with E-state index in [0.717, 1.165) is 70.6 Å². The molecule has 0 spiro atoms. The summed E-state index contributed by atoms with van der Waals surface area (Å²) in [7, 11) is 1.46. The first-order chi connectivity index (χ1) is 24.5. The number of nitrogens with zero attached hydrogens (tertiary/aromatic N) is 1. The molecule has 0 aromatic heterocycles. The third kappa shape index (κ3) is 37.8. The Morgan fingerprint density at radius 2 is 1.12 bits per heavy atom. The van der Waals surface area contributed by atoms with E-state index in [0.29, 0.717) is 17.4 Å². The van der Waals surface area contributed by atoms with Crippen LogP contribution in [0.5, 0.6) is 0 Å². The minimum atomic E-state index is -4.37. The van der Waals surface area contributed by atoms with E-state index in [2.05, 4.69) is 50.3 Å². The maximum absolute atomic E-state index is 12.6. The lowest BCUT2D eigenvalue weighted by atomic mass is 10.0. The van der Waals surface area contributed by atoms with Crippen molar-refractivity contribution in [3.8, 4) is 0 Å². The van der Waals surface area contributed by atoms with Gasteiger partial charge in [0.2, 0.25) is 0 Å². The third-order valence-electron chi connectivity index (χ3n) is 8.43. The Hall–Kier alpha value is -1.77. The Morgan fingerprint density at radius 1 is 0.627 bits per heavy atom. The summed E-state index contributed by atoms with van der Waals surface area (Å²) in [5.74, 6) is -0.818. The SMILES string of the molecule is CC/C=C\C/C=C\C/C=C\CCCCCCCC(=O)O[C@H](COC(=O)CCCCCCCCCCCCCC)COP(=O)(O)OCC[N+](C)(C)C. The van der Waals surface area contributed by atoms with Gasteiger partial charge in [0.15, 0.2) is 6.10 Å². The van der Waals surface area contributed by atoms with Gasteiger partial charge in [-0.15, -0.1) is 0 Å². The first-order valence-electron chi connectivity index (χ1n) is 20.2. The first-order valence-corrected chi connectivity index (χ1v) is 21.7. The lowest BCUT2D eigenvalue weighted by molar-refractivity contribution is -0.870. The summed E-state index contributed by atoms with van der Waals surface area (Å²) in [5, 5.41) is 0. The number of hydrogen-bond acceptors (Lipinski definition) is 7. The molecule has 0 saturated heterocycles. The van der Waals surface area contributed by atoms with Crippen LogP contribution in [0, 0.1) is 0 Å². The Kier molecular flexibility index (Phi) is 32.8. The monoisotopic (exact) mass is 743 g/mol. The quantitative estimate of drug-likeness (QED) is 0.0222. The Morgan fingerprint density at radius 3 is 1.67 bits per heavy atom. The fourth-order valence-electron chi connectivity index (χ4n) is 5.26. The van der Waals surface area contributed by atoms with Crippen LogP contribution in [0.25, 0.3) is 0 Å². The average molecular weight is 743 g/mol. The van der Waals surface area contributed by atoms with E-state index in [1.54, 1.807) is 0 Å². The van der Waals surface area contributed by atoms with Crippen molar-refractivity contribution in [2.75, 3.05) is 47.5 Å². The van der Waals surface area contributed by atoms with Gasteiger partial charge in [0.1, 0.15) is 19.8 Å². The van der Waals surface area contributed by atoms with Gasteiger partial charge in [-0.3, -0.25) is 18.6 Å². The number of likely N-dealkylation sites (N-methyl/N-ethyl adjacent to an activating group) is 1. The number of rotatable bonds is 36. The molecule has 51 heavy (non-hydrogen) atoms. The van der Waals surface area contributed by atoms with Crippen LogP contribution in [-0.2, 0) is 32.7 Å². The van der Waals surface area contributed by atoms with Gasteiger partial charge < -0.3 is 18.9 Å². The van der Waals surface area contributed by atoms with E-state index in [-0.39, 0.29) is 32.0 Å². The van der Waals surface area contributed by atoms with E-state index in [1.807, 2.05) is 21.1 Å². The zero-order valence-corrected chi connectivity index (χ0v) is 34.2. The van der Waals surface area contributed by atoms with Crippen molar-refractivity contribution in [3.63, 3.8) is 0 Å². The summed E-state index contributed by atoms with van der Waals surface area (Å²) in [6.45, 7) is 4.27. The fourth-order valence-corrected chi connectivity index (χ4v) is 6.00. The minimum Gasteiger partial charge on any atom is -0.462 e. The molecule has 1 N–H and O–H groups in total. The van der Waals surface area contributed by atoms with Gasteiger partial charge in [0.05, 0.1) is 27.7 Å². The van der Waals surface area contributed by atoms with Crippen molar-refractivity contribution in [3.05, 3.63) is 36.5 Å². The molecule has 0 bridgehead atoms. The molecule has 0 amide bonds. The largest absolute Gasteiger partial charge is 0.472 e. The molecule has 0 heterocycles. The van der Waals surface area contributed by atoms with Gasteiger partial charge >= 0.3 is 19.8 Å². The minimum absolute atomic E-state index is 0.0284. The number of phosphoric acid groups is 1. The van der Waals surface area contributed by atoms with Crippen LogP contribution in [-0.4, -0.2) is 74.9 Å². The third-order valence-corrected chi connectivity index (χ3v) is 9.42. The standard InChI is InChI=1S/C41H76NO8P/c1-6-8-10-12-14-16-18-20-21-22-24-26-28-30-32-34-41(44)50-39(38-49-51(45,46)48-36-35-42(3,4)5)37-47-40(43)33-31-29-27-25-23-19-17-15-13-11-9-7-2/h8,10,14,16,20-21,39H,6-7,9,11-13,15,17-19,22-38H2,1-5H3/p+1/b10-8-,16-14-,21-20-/t39-/m1/s1. The zero-order valence-electron chi connectivity index (χ0n) is 33.3. The van der Waals surface area contributed by atoms with E-state index < -0.39 is 26.5 Å². The van der Waals surface area contributed by atoms with Crippen LogP contribution >= 0.6 is 7.82 Å². The van der Waals surface area contributed by atoms with E-state index in [9.17, 15) is 19.0 Å². The van der Waals surface area contributed by atoms with Gasteiger partial charge in [0.25, 0.3) is 0 Å². The highest BCUT2D eigenvalue weighted by Gasteiger charge is 2.27. The summed E-state index contributed by atoms with van der Waals surface area (Å²) >= 11 is 0. The topological polar surface area (TPSA) is 108 Å². The van der Waals surface area contributed by atoms with Crippen molar-refractivity contribution in [2.45, 2.75) is 168 Å². The second-order valence-electron chi connectivity index (χ2n) is 14.6. The molecule has 1 unspecified atom stereocenters. The van der Waals surface area contributed by atoms with Gasteiger partial charge in [-0.05, 0) is 44.9 Å². The van der Waals surface area contributed by atoms with E-state index in [1.165, 1.54) is 57.8 Å². The zero-order chi connectivity index (χ0) is 37.9. The number of unbranched alkanes of at least 4 members (excludes halogenated alkanes) is 16. The van der Waals surface area contributed by atoms with E-state index in [4.69, 9.17) is 18.5 Å². The molecular formula is C41H77NO8P+. The number of esters is 2. The molecule has 0 rings (SSSR count). The van der Waals surface area contributed by atoms with Gasteiger partial charge in [-0.1, -0.05) is 140 Å². The highest BCUT2D eigenvalue weighted by molar-refractivity contribution is 7.47. The predicted octanol–water partition coefficient (Wildman–Crippen LogP) is 11.0. The molecule has 0 radical (unpaired) electrons. The summed E-state index contributed by atoms with van der Waals surface area (Å²) < 4.78 is 34.2. The molecule has 0 aromatic carbocycles. The van der Waals surface area contributed by atoms with Crippen molar-refractivity contribution in [1.29, 1.82) is 0 Å². The second-order valence-corrected chi connectivity index (χ2v) is 16.1. The lowest BCUT2D eigenvalue weighted by Gasteiger charge is -2.24. The fraction of sp³-hybridized carbons (Fsp3) is 0.805. The molecule has 0 aliphatic rings. The molecule has 0 aromatic rings. The first kappa shape index (κ1) is 49.2. The number of phosphoric ester groups is 1. The summed E-state index contributed by atoms with van der Waals surface area (Å²) in [5.41, 5.74) is 0. The van der Waals surface area contributed by atoms with Gasteiger partial charge in [-0.25, -0.2) is 4.57 Å². The van der Waals surface area contributed by atoms with Crippen molar-refractivity contribution in [2.24, 2.45) is 0 Å². The van der Waals surface area contributed by atoms with Gasteiger partial charge in [0, 0.05) is 12.8 Å². The van der Waals surface area contributed by atoms with Gasteiger partial charge in [-0.2, -0.15) is 0 Å². The molecule has 2 atom stereocenters. The van der Waals surface area contributed by atoms with Crippen LogP contribution in [0.1, 0.15) is 162 Å². The summed E-state index contributed by atoms with van der Waals surface area (Å²) in [4.78, 5) is 35.2. The molecule has 9 nitrogen and oxygen atoms in total. The smallest absolute Gasteiger partial charge is 0.462 e. The highest BCUT2D eigenvalue weighted by atomic mass is 31.2. The molecule has 0 fully saturated rings. The average Bonchev–Trinajstić information content (AvgIpc) is 3.07. The number of hydrogen-bond donors (Lipinski definition) is 1. The molecule has 298 valence electrons. The lowest BCUT2D eigenvalue weighted by Crippen LogP contribution is -2.37. The van der Waals surface area contributed by atoms with Crippen molar-refractivity contribution in [1.82, 2.24) is 0 Å². The maximum Gasteiger partial charge on any atom is 0.472 e. The number of carbonyl (C=O) groups is 2. The Labute approximate surface area is 312 Å². The maximum atomic E-state index is 12.6. The number of ether oxygens (including phenoxy) is 2. The van der Waals surface area contributed by atoms with Crippen LogP contribution < -0.4 is 0 Å². The van der Waals surface area contributed by atoms with Crippen LogP contribution in [0.15, 0.2) is 36.5 Å². The van der Waals surface area contributed by atoms with Crippen LogP contribution in [0.2, 0.25) is 0 Å². The predicted molar refractivity (Wildman–Crippen MR) is 210 cm³/mol. The summed E-state index contributed by atoms with van der Waals surface area (Å²) in [6.07, 6.45) is 36.1. The van der Waals surface area contributed by atoms with Crippen LogP contribution in [0.3, 0.4) is 0 Å². The molecular weight excluding hydrogens is 665 g/mol. The second kappa shape index (κ2) is 34.0. The van der Waals surface area contributed by atoms with Crippen molar-refractivity contribution < 1.29 is 42.1 Å². The molecule has 0 saturated carbocycles.